The molecule has 0 aliphatic carbocycles. The van der Waals surface area contributed by atoms with Crippen LogP contribution in [0.25, 0.3) is 0 Å². The molecule has 0 fully saturated rings. The lowest BCUT2D eigenvalue weighted by Crippen LogP contribution is -2.41. The predicted molar refractivity (Wildman–Crippen MR) is 81.6 cm³/mol. The number of para-hydroxylation sites is 1. The van der Waals surface area contributed by atoms with E-state index in [2.05, 4.69) is 0 Å². The van der Waals surface area contributed by atoms with Crippen LogP contribution in [-0.4, -0.2) is 37.0 Å². The van der Waals surface area contributed by atoms with E-state index in [9.17, 15) is 9.18 Å². The molecular weight excluding hydrogens is 271 g/mol. The van der Waals surface area contributed by atoms with E-state index < -0.39 is 5.82 Å². The molecule has 118 valence electrons. The molecule has 0 radical (unpaired) electrons. The maximum Gasteiger partial charge on any atom is 0.224 e. The molecule has 1 atom stereocenters. The van der Waals surface area contributed by atoms with Crippen molar-refractivity contribution in [1.29, 1.82) is 0 Å². The van der Waals surface area contributed by atoms with Crippen molar-refractivity contribution in [3.8, 4) is 5.75 Å². The van der Waals surface area contributed by atoms with Crippen LogP contribution >= 0.6 is 0 Å². The Morgan fingerprint density at radius 1 is 1.38 bits per heavy atom. The molecule has 0 spiro atoms. The Morgan fingerprint density at radius 3 is 2.57 bits per heavy atom. The van der Waals surface area contributed by atoms with E-state index in [0.29, 0.717) is 13.0 Å². The Balaban J connectivity index is 2.38. The van der Waals surface area contributed by atoms with Crippen molar-refractivity contribution in [1.82, 2.24) is 4.90 Å². The van der Waals surface area contributed by atoms with Crippen LogP contribution in [0.1, 0.15) is 27.2 Å². The van der Waals surface area contributed by atoms with E-state index >= 15 is 0 Å². The van der Waals surface area contributed by atoms with Gasteiger partial charge in [-0.3, -0.25) is 4.79 Å². The molecule has 1 unspecified atom stereocenters. The van der Waals surface area contributed by atoms with Gasteiger partial charge in [0, 0.05) is 19.5 Å². The molecule has 5 heteroatoms. The second kappa shape index (κ2) is 7.41. The molecule has 0 aromatic heterocycles. The molecule has 0 heterocycles. The number of benzene rings is 1. The highest BCUT2D eigenvalue weighted by molar-refractivity contribution is 5.76. The van der Waals surface area contributed by atoms with Crippen molar-refractivity contribution in [3.63, 3.8) is 0 Å². The first-order chi connectivity index (χ1) is 9.71. The average molecular weight is 296 g/mol. The second-order valence-corrected chi connectivity index (χ2v) is 6.27. The van der Waals surface area contributed by atoms with Crippen LogP contribution in [0.5, 0.6) is 5.75 Å². The maximum absolute atomic E-state index is 13.4. The van der Waals surface area contributed by atoms with E-state index in [1.807, 2.05) is 20.8 Å². The molecule has 1 aromatic rings. The first-order valence-electron chi connectivity index (χ1n) is 7.08. The smallest absolute Gasteiger partial charge is 0.224 e. The quantitative estimate of drug-likeness (QED) is 0.877. The summed E-state index contributed by atoms with van der Waals surface area (Å²) < 4.78 is 18.7. The normalized spacial score (nSPS) is 12.9. The molecule has 4 nitrogen and oxygen atoms in total. The van der Waals surface area contributed by atoms with Gasteiger partial charge in [0.15, 0.2) is 11.6 Å². The van der Waals surface area contributed by atoms with Crippen LogP contribution in [0, 0.1) is 11.2 Å². The number of rotatable bonds is 6. The summed E-state index contributed by atoms with van der Waals surface area (Å²) >= 11 is 0. The van der Waals surface area contributed by atoms with E-state index in [1.165, 1.54) is 6.07 Å². The van der Waals surface area contributed by atoms with Gasteiger partial charge in [0.1, 0.15) is 6.61 Å². The van der Waals surface area contributed by atoms with Crippen molar-refractivity contribution in [2.75, 3.05) is 20.2 Å². The number of likely N-dealkylation sites (N-methyl/N-ethyl adjacent to an activating group) is 1. The number of carbonyl (C=O) groups is 1. The van der Waals surface area contributed by atoms with E-state index in [1.54, 1.807) is 30.1 Å². The van der Waals surface area contributed by atoms with Gasteiger partial charge in [-0.25, -0.2) is 4.39 Å². The molecule has 0 saturated carbocycles. The number of hydrogen-bond donors (Lipinski definition) is 1. The summed E-state index contributed by atoms with van der Waals surface area (Å²) in [5.41, 5.74) is 5.89. The van der Waals surface area contributed by atoms with Crippen LogP contribution in [0.3, 0.4) is 0 Å². The fourth-order valence-electron chi connectivity index (χ4n) is 1.63. The Morgan fingerprint density at radius 2 is 2.00 bits per heavy atom. The van der Waals surface area contributed by atoms with Crippen molar-refractivity contribution < 1.29 is 13.9 Å². The van der Waals surface area contributed by atoms with Gasteiger partial charge < -0.3 is 15.4 Å². The molecule has 1 rings (SSSR count). The molecule has 2 N–H and O–H groups in total. The minimum atomic E-state index is -0.402. The topological polar surface area (TPSA) is 55.6 Å². The number of nitrogens with two attached hydrogens (primary N) is 1. The maximum atomic E-state index is 13.4. The third-order valence-electron chi connectivity index (χ3n) is 3.45. The van der Waals surface area contributed by atoms with Crippen molar-refractivity contribution in [2.45, 2.75) is 33.2 Å². The van der Waals surface area contributed by atoms with Crippen LogP contribution in [-0.2, 0) is 4.79 Å². The summed E-state index contributed by atoms with van der Waals surface area (Å²) in [6, 6.07) is 6.01. The zero-order valence-corrected chi connectivity index (χ0v) is 13.2. The molecule has 0 bridgehead atoms. The highest BCUT2D eigenvalue weighted by Gasteiger charge is 2.24. The molecule has 21 heavy (non-hydrogen) atoms. The van der Waals surface area contributed by atoms with Crippen molar-refractivity contribution in [3.05, 3.63) is 30.1 Å². The highest BCUT2D eigenvalue weighted by atomic mass is 19.1. The van der Waals surface area contributed by atoms with Crippen molar-refractivity contribution in [2.24, 2.45) is 11.1 Å². The van der Waals surface area contributed by atoms with Crippen molar-refractivity contribution >= 4 is 5.91 Å². The van der Waals surface area contributed by atoms with E-state index in [0.717, 1.165) is 0 Å². The van der Waals surface area contributed by atoms with Gasteiger partial charge in [0.25, 0.3) is 0 Å². The number of ether oxygens (including phenoxy) is 1. The van der Waals surface area contributed by atoms with Gasteiger partial charge in [-0.15, -0.1) is 0 Å². The van der Waals surface area contributed by atoms with E-state index in [4.69, 9.17) is 10.5 Å². The molecule has 1 amide bonds. The minimum Gasteiger partial charge on any atom is -0.489 e. The SMILES string of the molecule is CN(CCOc1ccccc1F)C(=O)CC(N)C(C)(C)C. The number of halogens is 1. The van der Waals surface area contributed by atoms with Gasteiger partial charge in [-0.05, 0) is 17.5 Å². The Kier molecular flexibility index (Phi) is 6.15. The van der Waals surface area contributed by atoms with Gasteiger partial charge in [0.05, 0.1) is 6.54 Å². The summed E-state index contributed by atoms with van der Waals surface area (Å²) in [6.45, 7) is 6.66. The largest absolute Gasteiger partial charge is 0.489 e. The summed E-state index contributed by atoms with van der Waals surface area (Å²) in [6.07, 6.45) is 0.291. The van der Waals surface area contributed by atoms with Gasteiger partial charge in [0.2, 0.25) is 5.91 Å². The predicted octanol–water partition coefficient (Wildman–Crippen LogP) is 2.43. The van der Waals surface area contributed by atoms with Gasteiger partial charge in [-0.1, -0.05) is 32.9 Å². The lowest BCUT2D eigenvalue weighted by molar-refractivity contribution is -0.131. The van der Waals surface area contributed by atoms with Crippen LogP contribution in [0.2, 0.25) is 0 Å². The minimum absolute atomic E-state index is 0.0328. The van der Waals surface area contributed by atoms with Gasteiger partial charge in [-0.2, -0.15) is 0 Å². The van der Waals surface area contributed by atoms with E-state index in [-0.39, 0.29) is 29.7 Å². The Labute approximate surface area is 126 Å². The van der Waals surface area contributed by atoms with Crippen LogP contribution in [0.15, 0.2) is 24.3 Å². The second-order valence-electron chi connectivity index (χ2n) is 6.27. The number of amides is 1. The lowest BCUT2D eigenvalue weighted by Gasteiger charge is -2.28. The first-order valence-corrected chi connectivity index (χ1v) is 7.08. The van der Waals surface area contributed by atoms with Crippen LogP contribution < -0.4 is 10.5 Å². The Bertz CT molecular complexity index is 472. The third kappa shape index (κ3) is 5.71. The summed E-state index contributed by atoms with van der Waals surface area (Å²) in [7, 11) is 1.70. The third-order valence-corrected chi connectivity index (χ3v) is 3.45. The van der Waals surface area contributed by atoms with Crippen LogP contribution in [0.4, 0.5) is 4.39 Å². The fourth-order valence-corrected chi connectivity index (χ4v) is 1.63. The molecule has 1 aromatic carbocycles. The van der Waals surface area contributed by atoms with Gasteiger partial charge >= 0.3 is 0 Å². The number of hydrogen-bond acceptors (Lipinski definition) is 3. The average Bonchev–Trinajstić information content (AvgIpc) is 2.39. The highest BCUT2D eigenvalue weighted by Crippen LogP contribution is 2.20. The lowest BCUT2D eigenvalue weighted by atomic mass is 9.85. The number of carbonyl (C=O) groups excluding carboxylic acids is 1. The molecule has 0 aliphatic rings. The Hall–Kier alpha value is -1.62. The first kappa shape index (κ1) is 17.4. The molecule has 0 saturated heterocycles. The summed E-state index contributed by atoms with van der Waals surface area (Å²) in [5.74, 6) is -0.236. The standard InChI is InChI=1S/C16H25FN2O2/c1-16(2,3)14(18)11-15(20)19(4)9-10-21-13-8-6-5-7-12(13)17/h5-8,14H,9-11,18H2,1-4H3. The molecular formula is C16H25FN2O2. The summed E-state index contributed by atoms with van der Waals surface area (Å²) in [5, 5.41) is 0. The number of nitrogens with zero attached hydrogens (tertiary/aromatic N) is 1. The zero-order chi connectivity index (χ0) is 16.0. The monoisotopic (exact) mass is 296 g/mol. The summed E-state index contributed by atoms with van der Waals surface area (Å²) in [4.78, 5) is 13.6. The zero-order valence-electron chi connectivity index (χ0n) is 13.2. The molecule has 0 aliphatic heterocycles. The fraction of sp³-hybridized carbons (Fsp3) is 0.562.